The molecule has 0 radical (unpaired) electrons. The summed E-state index contributed by atoms with van der Waals surface area (Å²) in [6.45, 7) is 3.17. The molecule has 0 saturated heterocycles. The average molecular weight is 155 g/mol. The molecular formula is C9H17NO. The summed E-state index contributed by atoms with van der Waals surface area (Å²) in [5, 5.41) is 8.78. The SMILES string of the molecule is C#CCCCN(C)C(C)CO. The number of hydrogen-bond acceptors (Lipinski definition) is 2. The molecule has 1 N–H and O–H groups in total. The third-order valence-electron chi connectivity index (χ3n) is 1.85. The minimum Gasteiger partial charge on any atom is -0.395 e. The van der Waals surface area contributed by atoms with Gasteiger partial charge in [-0.2, -0.15) is 0 Å². The second kappa shape index (κ2) is 6.21. The maximum atomic E-state index is 8.78. The molecule has 0 fully saturated rings. The van der Waals surface area contributed by atoms with Gasteiger partial charge in [0.15, 0.2) is 0 Å². The summed E-state index contributed by atoms with van der Waals surface area (Å²) in [5.41, 5.74) is 0. The lowest BCUT2D eigenvalue weighted by Crippen LogP contribution is -2.32. The summed E-state index contributed by atoms with van der Waals surface area (Å²) in [6, 6.07) is 0.243. The van der Waals surface area contributed by atoms with E-state index in [1.54, 1.807) is 0 Å². The third-order valence-corrected chi connectivity index (χ3v) is 1.85. The second-order valence-corrected chi connectivity index (χ2v) is 2.82. The van der Waals surface area contributed by atoms with Crippen LogP contribution in [0.4, 0.5) is 0 Å². The molecule has 0 aliphatic carbocycles. The van der Waals surface area contributed by atoms with Crippen molar-refractivity contribution in [3.05, 3.63) is 0 Å². The van der Waals surface area contributed by atoms with E-state index in [4.69, 9.17) is 11.5 Å². The van der Waals surface area contributed by atoms with Gasteiger partial charge in [0.1, 0.15) is 0 Å². The van der Waals surface area contributed by atoms with E-state index in [9.17, 15) is 0 Å². The Morgan fingerprint density at radius 3 is 2.73 bits per heavy atom. The Kier molecular flexibility index (Phi) is 5.91. The van der Waals surface area contributed by atoms with Crippen molar-refractivity contribution in [1.82, 2.24) is 4.90 Å². The maximum absolute atomic E-state index is 8.78. The fourth-order valence-electron chi connectivity index (χ4n) is 0.790. The molecule has 2 heteroatoms. The average Bonchev–Trinajstić information content (AvgIpc) is 2.03. The predicted octanol–water partition coefficient (Wildman–Crippen LogP) is 0.712. The van der Waals surface area contributed by atoms with Crippen LogP contribution in [0.2, 0.25) is 0 Å². The van der Waals surface area contributed by atoms with Gasteiger partial charge in [-0.15, -0.1) is 12.3 Å². The van der Waals surface area contributed by atoms with Crippen LogP contribution in [-0.2, 0) is 0 Å². The highest BCUT2D eigenvalue weighted by atomic mass is 16.3. The van der Waals surface area contributed by atoms with Crippen molar-refractivity contribution < 1.29 is 5.11 Å². The first kappa shape index (κ1) is 10.5. The van der Waals surface area contributed by atoms with E-state index in [1.807, 2.05) is 14.0 Å². The van der Waals surface area contributed by atoms with E-state index in [0.29, 0.717) is 0 Å². The zero-order chi connectivity index (χ0) is 8.69. The van der Waals surface area contributed by atoms with Crippen molar-refractivity contribution in [2.45, 2.75) is 25.8 Å². The van der Waals surface area contributed by atoms with Crippen LogP contribution in [0.25, 0.3) is 0 Å². The van der Waals surface area contributed by atoms with Crippen molar-refractivity contribution in [2.75, 3.05) is 20.2 Å². The van der Waals surface area contributed by atoms with Crippen LogP contribution in [0.1, 0.15) is 19.8 Å². The van der Waals surface area contributed by atoms with E-state index < -0.39 is 0 Å². The van der Waals surface area contributed by atoms with Gasteiger partial charge in [-0.25, -0.2) is 0 Å². The Morgan fingerprint density at radius 1 is 1.64 bits per heavy atom. The van der Waals surface area contributed by atoms with E-state index in [2.05, 4.69) is 10.8 Å². The summed E-state index contributed by atoms with van der Waals surface area (Å²) in [5.74, 6) is 2.59. The van der Waals surface area contributed by atoms with Gasteiger partial charge in [0.2, 0.25) is 0 Å². The third kappa shape index (κ3) is 4.83. The topological polar surface area (TPSA) is 23.5 Å². The van der Waals surface area contributed by atoms with Crippen molar-refractivity contribution >= 4 is 0 Å². The van der Waals surface area contributed by atoms with Crippen molar-refractivity contribution in [2.24, 2.45) is 0 Å². The van der Waals surface area contributed by atoms with Crippen LogP contribution in [0.3, 0.4) is 0 Å². The van der Waals surface area contributed by atoms with Gasteiger partial charge in [0, 0.05) is 12.5 Å². The van der Waals surface area contributed by atoms with Crippen LogP contribution >= 0.6 is 0 Å². The zero-order valence-electron chi connectivity index (χ0n) is 7.38. The molecule has 1 unspecified atom stereocenters. The van der Waals surface area contributed by atoms with Crippen LogP contribution in [-0.4, -0.2) is 36.2 Å². The molecule has 0 saturated carbocycles. The number of nitrogens with zero attached hydrogens (tertiary/aromatic N) is 1. The Hall–Kier alpha value is -0.520. The number of rotatable bonds is 5. The Labute approximate surface area is 69.2 Å². The fraction of sp³-hybridized carbons (Fsp3) is 0.778. The van der Waals surface area contributed by atoms with Gasteiger partial charge in [-0.1, -0.05) is 0 Å². The van der Waals surface area contributed by atoms with Crippen molar-refractivity contribution in [3.8, 4) is 12.3 Å². The molecular weight excluding hydrogens is 138 g/mol. The number of terminal acetylenes is 1. The minimum atomic E-state index is 0.215. The van der Waals surface area contributed by atoms with E-state index in [-0.39, 0.29) is 12.6 Å². The molecule has 2 nitrogen and oxygen atoms in total. The first-order valence-electron chi connectivity index (χ1n) is 3.97. The molecule has 0 aliphatic rings. The lowest BCUT2D eigenvalue weighted by atomic mass is 10.2. The van der Waals surface area contributed by atoms with Gasteiger partial charge >= 0.3 is 0 Å². The van der Waals surface area contributed by atoms with Crippen molar-refractivity contribution in [1.29, 1.82) is 0 Å². The lowest BCUT2D eigenvalue weighted by molar-refractivity contribution is 0.158. The largest absolute Gasteiger partial charge is 0.395 e. The summed E-state index contributed by atoms with van der Waals surface area (Å²) >= 11 is 0. The van der Waals surface area contributed by atoms with Gasteiger partial charge in [-0.3, -0.25) is 0 Å². The van der Waals surface area contributed by atoms with E-state index in [0.717, 1.165) is 19.4 Å². The minimum absolute atomic E-state index is 0.215. The number of likely N-dealkylation sites (N-methyl/N-ethyl adjacent to an activating group) is 1. The number of hydrogen-bond donors (Lipinski definition) is 1. The van der Waals surface area contributed by atoms with Crippen LogP contribution < -0.4 is 0 Å². The van der Waals surface area contributed by atoms with Crippen LogP contribution in [0, 0.1) is 12.3 Å². The smallest absolute Gasteiger partial charge is 0.0584 e. The molecule has 1 atom stereocenters. The Morgan fingerprint density at radius 2 is 2.27 bits per heavy atom. The highest BCUT2D eigenvalue weighted by Crippen LogP contribution is 1.97. The van der Waals surface area contributed by atoms with Gasteiger partial charge in [0.05, 0.1) is 6.61 Å². The molecule has 64 valence electrons. The highest BCUT2D eigenvalue weighted by Gasteiger charge is 2.05. The maximum Gasteiger partial charge on any atom is 0.0584 e. The predicted molar refractivity (Wildman–Crippen MR) is 47.2 cm³/mol. The van der Waals surface area contributed by atoms with Crippen LogP contribution in [0.5, 0.6) is 0 Å². The second-order valence-electron chi connectivity index (χ2n) is 2.82. The molecule has 11 heavy (non-hydrogen) atoms. The molecule has 0 amide bonds. The normalized spacial score (nSPS) is 13.0. The zero-order valence-corrected chi connectivity index (χ0v) is 7.38. The first-order valence-corrected chi connectivity index (χ1v) is 3.97. The van der Waals surface area contributed by atoms with Gasteiger partial charge < -0.3 is 10.0 Å². The summed E-state index contributed by atoms with van der Waals surface area (Å²) in [6.07, 6.45) is 6.94. The molecule has 0 heterocycles. The molecule has 0 spiro atoms. The molecule has 0 aromatic carbocycles. The number of aliphatic hydroxyl groups is 1. The number of unbranched alkanes of at least 4 members (excludes halogenated alkanes) is 1. The lowest BCUT2D eigenvalue weighted by Gasteiger charge is -2.21. The molecule has 0 aliphatic heterocycles. The summed E-state index contributed by atoms with van der Waals surface area (Å²) in [7, 11) is 2.00. The molecule has 0 rings (SSSR count). The molecule has 0 aromatic heterocycles. The molecule has 0 aromatic rings. The summed E-state index contributed by atoms with van der Waals surface area (Å²) < 4.78 is 0. The first-order chi connectivity index (χ1) is 5.22. The van der Waals surface area contributed by atoms with E-state index >= 15 is 0 Å². The Balaban J connectivity index is 3.37. The summed E-state index contributed by atoms with van der Waals surface area (Å²) in [4.78, 5) is 2.11. The number of aliphatic hydroxyl groups excluding tert-OH is 1. The fourth-order valence-corrected chi connectivity index (χ4v) is 0.790. The van der Waals surface area contributed by atoms with Gasteiger partial charge in [-0.05, 0) is 26.9 Å². The van der Waals surface area contributed by atoms with Crippen molar-refractivity contribution in [3.63, 3.8) is 0 Å². The standard InChI is InChI=1S/C9H17NO/c1-4-5-6-7-10(3)9(2)8-11/h1,9,11H,5-8H2,2-3H3. The monoisotopic (exact) mass is 155 g/mol. The van der Waals surface area contributed by atoms with E-state index in [1.165, 1.54) is 0 Å². The molecule has 0 bridgehead atoms. The van der Waals surface area contributed by atoms with Crippen LogP contribution in [0.15, 0.2) is 0 Å². The van der Waals surface area contributed by atoms with Gasteiger partial charge in [0.25, 0.3) is 0 Å². The highest BCUT2D eigenvalue weighted by molar-refractivity contribution is 4.83. The Bertz CT molecular complexity index is 128. The quantitative estimate of drug-likeness (QED) is 0.467.